The number of urea groups is 1. The number of hydrogen-bond acceptors (Lipinski definition) is 4. The third-order valence-electron chi connectivity index (χ3n) is 3.16. The minimum atomic E-state index is -1.31. The number of hydrogen-bond donors (Lipinski definition) is 3. The zero-order chi connectivity index (χ0) is 14.6. The second-order valence-corrected chi connectivity index (χ2v) is 4.55. The summed E-state index contributed by atoms with van der Waals surface area (Å²) in [5, 5.41) is 11.2. The maximum absolute atomic E-state index is 11.9. The Morgan fingerprint density at radius 3 is 2.58 bits per heavy atom. The number of ether oxygens (including phenoxy) is 1. The van der Waals surface area contributed by atoms with Crippen LogP contribution in [0.4, 0.5) is 4.79 Å². The molecular weight excluding hydrogens is 254 g/mol. The molecule has 1 saturated heterocycles. The lowest BCUT2D eigenvalue weighted by molar-refractivity contribution is -0.141. The number of likely N-dealkylation sites (N-methyl/N-ethyl adjacent to an activating group) is 1. The highest BCUT2D eigenvalue weighted by Crippen LogP contribution is 2.18. The molecule has 0 saturated carbocycles. The van der Waals surface area contributed by atoms with Gasteiger partial charge in [-0.2, -0.15) is 0 Å². The van der Waals surface area contributed by atoms with Gasteiger partial charge in [0.1, 0.15) is 6.04 Å². The van der Waals surface area contributed by atoms with E-state index in [0.29, 0.717) is 13.0 Å². The van der Waals surface area contributed by atoms with Crippen LogP contribution >= 0.6 is 0 Å². The maximum atomic E-state index is 11.9. The lowest BCUT2D eigenvalue weighted by Crippen LogP contribution is -2.52. The summed E-state index contributed by atoms with van der Waals surface area (Å²) in [6.07, 6.45) is 0.153. The lowest BCUT2D eigenvalue weighted by Gasteiger charge is -2.28. The third-order valence-corrected chi connectivity index (χ3v) is 3.16. The zero-order valence-electron chi connectivity index (χ0n) is 11.0. The van der Waals surface area contributed by atoms with E-state index in [1.807, 2.05) is 6.92 Å². The van der Waals surface area contributed by atoms with Crippen LogP contribution in [0.2, 0.25) is 0 Å². The molecule has 0 radical (unpaired) electrons. The summed E-state index contributed by atoms with van der Waals surface area (Å²) in [7, 11) is 1.56. The Hall–Kier alpha value is -1.83. The number of nitrogens with zero attached hydrogens (tertiary/aromatic N) is 1. The average molecular weight is 273 g/mol. The van der Waals surface area contributed by atoms with E-state index in [1.165, 1.54) is 4.90 Å². The molecule has 8 nitrogen and oxygen atoms in total. The molecule has 0 aliphatic carbocycles. The van der Waals surface area contributed by atoms with E-state index in [0.717, 1.165) is 0 Å². The highest BCUT2D eigenvalue weighted by Gasteiger charge is 2.32. The van der Waals surface area contributed by atoms with Crippen molar-refractivity contribution in [2.75, 3.05) is 13.7 Å². The van der Waals surface area contributed by atoms with Gasteiger partial charge in [-0.15, -0.1) is 0 Å². The van der Waals surface area contributed by atoms with Gasteiger partial charge >= 0.3 is 12.0 Å². The summed E-state index contributed by atoms with van der Waals surface area (Å²) in [6.45, 7) is 2.41. The minimum Gasteiger partial charge on any atom is -0.480 e. The Morgan fingerprint density at radius 1 is 1.53 bits per heavy atom. The molecule has 0 aromatic rings. The number of amides is 3. The Morgan fingerprint density at radius 2 is 2.16 bits per heavy atom. The Bertz CT molecular complexity index is 373. The first-order valence-corrected chi connectivity index (χ1v) is 5.99. The van der Waals surface area contributed by atoms with Crippen LogP contribution in [0.1, 0.15) is 19.8 Å². The van der Waals surface area contributed by atoms with E-state index in [4.69, 9.17) is 15.6 Å². The van der Waals surface area contributed by atoms with Crippen molar-refractivity contribution in [1.82, 2.24) is 10.2 Å². The monoisotopic (exact) mass is 273 g/mol. The smallest absolute Gasteiger partial charge is 0.326 e. The number of primary amides is 1. The summed E-state index contributed by atoms with van der Waals surface area (Å²) in [6, 6.07) is -1.98. The summed E-state index contributed by atoms with van der Waals surface area (Å²) in [5.41, 5.74) is 4.94. The summed E-state index contributed by atoms with van der Waals surface area (Å²) >= 11 is 0. The largest absolute Gasteiger partial charge is 0.480 e. The van der Waals surface area contributed by atoms with Gasteiger partial charge in [0, 0.05) is 13.7 Å². The molecule has 0 bridgehead atoms. The molecule has 2 unspecified atom stereocenters. The lowest BCUT2D eigenvalue weighted by atomic mass is 10.1. The maximum Gasteiger partial charge on any atom is 0.326 e. The van der Waals surface area contributed by atoms with Crippen molar-refractivity contribution in [2.45, 2.75) is 38.0 Å². The molecule has 1 fully saturated rings. The molecule has 0 aromatic heterocycles. The van der Waals surface area contributed by atoms with E-state index in [9.17, 15) is 14.4 Å². The van der Waals surface area contributed by atoms with Crippen LogP contribution < -0.4 is 11.1 Å². The van der Waals surface area contributed by atoms with E-state index in [-0.39, 0.29) is 12.1 Å². The van der Waals surface area contributed by atoms with Crippen LogP contribution in [-0.2, 0) is 14.3 Å². The van der Waals surface area contributed by atoms with Crippen molar-refractivity contribution in [3.8, 4) is 0 Å². The third kappa shape index (κ3) is 4.09. The minimum absolute atomic E-state index is 0.102. The molecule has 4 N–H and O–H groups in total. The number of carbonyl (C=O) groups is 3. The topological polar surface area (TPSA) is 122 Å². The molecule has 1 aliphatic rings. The van der Waals surface area contributed by atoms with Crippen molar-refractivity contribution < 1.29 is 24.2 Å². The SMILES string of the molecule is CC1OCCC1N(C)C(=O)N[C@H](CC(N)=O)C(=O)O. The van der Waals surface area contributed by atoms with Crippen LogP contribution in [0.5, 0.6) is 0 Å². The second kappa shape index (κ2) is 6.37. The van der Waals surface area contributed by atoms with E-state index >= 15 is 0 Å². The van der Waals surface area contributed by atoms with Crippen LogP contribution in [0.3, 0.4) is 0 Å². The van der Waals surface area contributed by atoms with Crippen LogP contribution in [0.15, 0.2) is 0 Å². The van der Waals surface area contributed by atoms with Gasteiger partial charge in [0.25, 0.3) is 0 Å². The number of nitrogens with two attached hydrogens (primary N) is 1. The summed E-state index contributed by atoms with van der Waals surface area (Å²) < 4.78 is 5.34. The fourth-order valence-electron chi connectivity index (χ4n) is 2.03. The summed E-state index contributed by atoms with van der Waals surface area (Å²) in [5.74, 6) is -2.08. The molecule has 3 amide bonds. The van der Waals surface area contributed by atoms with Crippen molar-refractivity contribution in [1.29, 1.82) is 0 Å². The second-order valence-electron chi connectivity index (χ2n) is 4.55. The molecule has 0 aromatic carbocycles. The first kappa shape index (κ1) is 15.2. The molecular formula is C11H19N3O5. The van der Waals surface area contributed by atoms with E-state index in [1.54, 1.807) is 7.05 Å². The van der Waals surface area contributed by atoms with Gasteiger partial charge in [-0.25, -0.2) is 9.59 Å². The molecule has 8 heteroatoms. The Balaban J connectivity index is 2.60. The molecule has 108 valence electrons. The highest BCUT2D eigenvalue weighted by atomic mass is 16.5. The number of aliphatic carboxylic acids is 1. The molecule has 1 heterocycles. The van der Waals surface area contributed by atoms with Gasteiger partial charge in [0.15, 0.2) is 0 Å². The quantitative estimate of drug-likeness (QED) is 0.601. The number of nitrogens with one attached hydrogen (secondary N) is 1. The first-order chi connectivity index (χ1) is 8.82. The van der Waals surface area contributed by atoms with Gasteiger partial charge in [-0.1, -0.05) is 0 Å². The molecule has 19 heavy (non-hydrogen) atoms. The number of carbonyl (C=O) groups excluding carboxylic acids is 2. The fourth-order valence-corrected chi connectivity index (χ4v) is 2.03. The number of carboxylic acids is 1. The Labute approximate surface area is 110 Å². The van der Waals surface area contributed by atoms with Gasteiger partial charge in [0.2, 0.25) is 5.91 Å². The predicted octanol–water partition coefficient (Wildman–Crippen LogP) is -0.866. The van der Waals surface area contributed by atoms with E-state index in [2.05, 4.69) is 5.32 Å². The van der Waals surface area contributed by atoms with E-state index < -0.39 is 30.4 Å². The standard InChI is InChI=1S/C11H19N3O5/c1-6-8(3-4-19-6)14(2)11(18)13-7(10(16)17)5-9(12)15/h6-8H,3-5H2,1-2H3,(H2,12,15)(H,13,18)(H,16,17)/t6?,7-,8?/m1/s1. The first-order valence-electron chi connectivity index (χ1n) is 5.99. The van der Waals surface area contributed by atoms with Gasteiger partial charge in [-0.05, 0) is 13.3 Å². The zero-order valence-corrected chi connectivity index (χ0v) is 11.0. The van der Waals surface area contributed by atoms with Crippen molar-refractivity contribution in [2.24, 2.45) is 5.73 Å². The fraction of sp³-hybridized carbons (Fsp3) is 0.727. The number of carboxylic acid groups (broad SMARTS) is 1. The van der Waals surface area contributed by atoms with Crippen molar-refractivity contribution in [3.63, 3.8) is 0 Å². The Kier molecular flexibility index (Phi) is 5.11. The van der Waals surface area contributed by atoms with Crippen LogP contribution in [0.25, 0.3) is 0 Å². The molecule has 1 rings (SSSR count). The highest BCUT2D eigenvalue weighted by molar-refractivity contribution is 5.87. The number of rotatable bonds is 5. The normalized spacial score (nSPS) is 23.7. The molecule has 0 spiro atoms. The average Bonchev–Trinajstić information content (AvgIpc) is 2.72. The van der Waals surface area contributed by atoms with Crippen molar-refractivity contribution >= 4 is 17.9 Å². The van der Waals surface area contributed by atoms with Crippen LogP contribution in [-0.4, -0.2) is 59.8 Å². The van der Waals surface area contributed by atoms with Gasteiger partial charge in [0.05, 0.1) is 18.6 Å². The summed E-state index contributed by atoms with van der Waals surface area (Å²) in [4.78, 5) is 35.0. The molecule has 1 aliphatic heterocycles. The van der Waals surface area contributed by atoms with Gasteiger partial charge < -0.3 is 25.8 Å². The van der Waals surface area contributed by atoms with Crippen LogP contribution in [0, 0.1) is 0 Å². The van der Waals surface area contributed by atoms with Crippen molar-refractivity contribution in [3.05, 3.63) is 0 Å². The predicted molar refractivity (Wildman–Crippen MR) is 65.3 cm³/mol. The molecule has 3 atom stereocenters. The van der Waals surface area contributed by atoms with Gasteiger partial charge in [-0.3, -0.25) is 4.79 Å².